The number of benzene rings is 1. The fourth-order valence-electron chi connectivity index (χ4n) is 2.76. The van der Waals surface area contributed by atoms with Crippen molar-refractivity contribution in [2.24, 2.45) is 0 Å². The van der Waals surface area contributed by atoms with Gasteiger partial charge in [0.25, 0.3) is 10.0 Å². The number of hydrogen-bond donors (Lipinski definition) is 1. The number of rotatable bonds is 4. The van der Waals surface area contributed by atoms with Crippen LogP contribution in [-0.2, 0) is 10.0 Å². The third-order valence-corrected chi connectivity index (χ3v) is 5.60. The maximum atomic E-state index is 12.7. The molecular weight excluding hydrogens is 404 g/mol. The molecule has 4 aromatic rings. The smallest absolute Gasteiger partial charge is 0.265 e. The van der Waals surface area contributed by atoms with Crippen LogP contribution in [0, 0.1) is 6.92 Å². The number of aromatic nitrogens is 5. The summed E-state index contributed by atoms with van der Waals surface area (Å²) in [6, 6.07) is 8.71. The van der Waals surface area contributed by atoms with Crippen LogP contribution in [0.2, 0.25) is 0 Å². The largest absolute Gasteiger partial charge is 0.355 e. The number of carbonyl (C=O) groups excluding carboxylic acids is 1. The van der Waals surface area contributed by atoms with E-state index in [2.05, 4.69) is 20.1 Å². The first-order valence-corrected chi connectivity index (χ1v) is 10.3. The molecule has 0 unspecified atom stereocenters. The summed E-state index contributed by atoms with van der Waals surface area (Å²) in [5.74, 6) is 0. The number of aryl methyl sites for hydroxylation is 1. The van der Waals surface area contributed by atoms with E-state index in [1.807, 2.05) is 11.6 Å². The molecule has 0 saturated heterocycles. The molecule has 0 fully saturated rings. The van der Waals surface area contributed by atoms with Gasteiger partial charge in [-0.25, -0.2) is 17.9 Å². The van der Waals surface area contributed by atoms with Gasteiger partial charge in [0, 0.05) is 42.1 Å². The molecule has 1 aromatic carbocycles. The van der Waals surface area contributed by atoms with Gasteiger partial charge in [0.05, 0.1) is 16.8 Å². The highest BCUT2D eigenvalue weighted by Gasteiger charge is 2.22. The third-order valence-electron chi connectivity index (χ3n) is 4.27. The minimum absolute atomic E-state index is 0.0166. The van der Waals surface area contributed by atoms with Crippen LogP contribution in [0.5, 0.6) is 0 Å². The van der Waals surface area contributed by atoms with Crippen molar-refractivity contribution in [1.82, 2.24) is 29.5 Å². The molecule has 0 radical (unpaired) electrons. The molecule has 1 N–H and O–H groups in total. The molecule has 3 heterocycles. The lowest BCUT2D eigenvalue weighted by molar-refractivity contribution is 0.244. The first kappa shape index (κ1) is 19.4. The van der Waals surface area contributed by atoms with Gasteiger partial charge in [-0.3, -0.25) is 15.0 Å². The topological polar surface area (TPSA) is 120 Å². The Labute approximate surface area is 172 Å². The summed E-state index contributed by atoms with van der Waals surface area (Å²) < 4.78 is 28.1. The van der Waals surface area contributed by atoms with Gasteiger partial charge < -0.3 is 0 Å². The van der Waals surface area contributed by atoms with Gasteiger partial charge in [-0.05, 0) is 31.2 Å². The van der Waals surface area contributed by atoms with Crippen LogP contribution in [0.25, 0.3) is 22.5 Å². The molecule has 4 rings (SSSR count). The zero-order chi connectivity index (χ0) is 21.1. The monoisotopic (exact) mass is 420 g/mol. The number of carbonyl (C=O) groups is 1. The summed E-state index contributed by atoms with van der Waals surface area (Å²) in [7, 11) is -4.06. The Balaban J connectivity index is 1.71. The van der Waals surface area contributed by atoms with Crippen molar-refractivity contribution in [2.75, 3.05) is 0 Å². The SMILES string of the molecule is Cc1ccc(S(=O)(=O)NC(=O)n2cc(-c3cnccn3)c(-c3ccncc3)n2)cc1. The number of hydrogen-bond acceptors (Lipinski definition) is 7. The molecule has 0 saturated carbocycles. The Kier molecular flexibility index (Phi) is 5.07. The Morgan fingerprint density at radius 2 is 1.70 bits per heavy atom. The highest BCUT2D eigenvalue weighted by molar-refractivity contribution is 7.90. The maximum Gasteiger partial charge on any atom is 0.355 e. The Morgan fingerprint density at radius 1 is 0.967 bits per heavy atom. The van der Waals surface area contributed by atoms with Gasteiger partial charge in [-0.2, -0.15) is 9.78 Å². The number of pyridine rings is 1. The van der Waals surface area contributed by atoms with Gasteiger partial charge in [-0.15, -0.1) is 0 Å². The molecule has 1 amide bonds. The van der Waals surface area contributed by atoms with E-state index < -0.39 is 16.1 Å². The second-order valence-electron chi connectivity index (χ2n) is 6.39. The fraction of sp³-hybridized carbons (Fsp3) is 0.0500. The van der Waals surface area contributed by atoms with E-state index in [-0.39, 0.29) is 4.90 Å². The summed E-state index contributed by atoms with van der Waals surface area (Å²) in [5, 5.41) is 4.29. The van der Waals surface area contributed by atoms with E-state index in [1.54, 1.807) is 36.7 Å². The number of sulfonamides is 1. The predicted octanol–water partition coefficient (Wildman–Crippen LogP) is 2.66. The van der Waals surface area contributed by atoms with Crippen molar-refractivity contribution in [1.29, 1.82) is 0 Å². The fourth-order valence-corrected chi connectivity index (χ4v) is 3.70. The first-order valence-electron chi connectivity index (χ1n) is 8.84. The normalized spacial score (nSPS) is 11.2. The third kappa shape index (κ3) is 3.94. The van der Waals surface area contributed by atoms with E-state index in [1.165, 1.54) is 36.9 Å². The predicted molar refractivity (Wildman–Crippen MR) is 109 cm³/mol. The van der Waals surface area contributed by atoms with Crippen molar-refractivity contribution in [3.05, 3.63) is 79.1 Å². The molecule has 0 bridgehead atoms. The quantitative estimate of drug-likeness (QED) is 0.539. The van der Waals surface area contributed by atoms with Crippen molar-refractivity contribution < 1.29 is 13.2 Å². The van der Waals surface area contributed by atoms with E-state index in [4.69, 9.17) is 0 Å². The summed E-state index contributed by atoms with van der Waals surface area (Å²) in [5.41, 5.74) is 3.06. The van der Waals surface area contributed by atoms with Gasteiger partial charge in [0.1, 0.15) is 5.69 Å². The van der Waals surface area contributed by atoms with Crippen LogP contribution >= 0.6 is 0 Å². The van der Waals surface area contributed by atoms with Gasteiger partial charge >= 0.3 is 6.03 Å². The summed E-state index contributed by atoms with van der Waals surface area (Å²) in [4.78, 5) is 25.0. The number of nitrogens with one attached hydrogen (secondary N) is 1. The Bertz CT molecular complexity index is 1230. The molecule has 0 aliphatic rings. The van der Waals surface area contributed by atoms with Crippen LogP contribution in [0.4, 0.5) is 4.79 Å². The van der Waals surface area contributed by atoms with Gasteiger partial charge in [0.2, 0.25) is 0 Å². The van der Waals surface area contributed by atoms with Crippen LogP contribution < -0.4 is 4.72 Å². The molecule has 3 aromatic heterocycles. The molecular formula is C20H16N6O3S. The molecule has 0 aliphatic heterocycles. The van der Waals surface area contributed by atoms with Crippen molar-refractivity contribution in [3.63, 3.8) is 0 Å². The molecule has 30 heavy (non-hydrogen) atoms. The zero-order valence-electron chi connectivity index (χ0n) is 15.8. The molecule has 10 heteroatoms. The molecule has 150 valence electrons. The number of nitrogens with zero attached hydrogens (tertiary/aromatic N) is 5. The minimum Gasteiger partial charge on any atom is -0.265 e. The summed E-state index contributed by atoms with van der Waals surface area (Å²) in [6.45, 7) is 1.84. The van der Waals surface area contributed by atoms with Crippen LogP contribution in [0.3, 0.4) is 0 Å². The lowest BCUT2D eigenvalue weighted by atomic mass is 10.1. The summed E-state index contributed by atoms with van der Waals surface area (Å²) >= 11 is 0. The number of amides is 1. The average molecular weight is 420 g/mol. The highest BCUT2D eigenvalue weighted by atomic mass is 32.2. The van der Waals surface area contributed by atoms with Crippen molar-refractivity contribution in [2.45, 2.75) is 11.8 Å². The van der Waals surface area contributed by atoms with Crippen LogP contribution in [-0.4, -0.2) is 39.2 Å². The second-order valence-corrected chi connectivity index (χ2v) is 8.07. The average Bonchev–Trinajstić information content (AvgIpc) is 3.21. The minimum atomic E-state index is -4.06. The highest BCUT2D eigenvalue weighted by Crippen LogP contribution is 2.29. The Hall–Kier alpha value is -3.92. The molecule has 0 aliphatic carbocycles. The lowest BCUT2D eigenvalue weighted by Crippen LogP contribution is -2.34. The van der Waals surface area contributed by atoms with E-state index in [0.29, 0.717) is 22.5 Å². The van der Waals surface area contributed by atoms with E-state index >= 15 is 0 Å². The van der Waals surface area contributed by atoms with Crippen LogP contribution in [0.15, 0.2) is 78.5 Å². The molecule has 0 atom stereocenters. The van der Waals surface area contributed by atoms with Crippen LogP contribution in [0.1, 0.15) is 5.56 Å². The second kappa shape index (κ2) is 7.84. The van der Waals surface area contributed by atoms with Gasteiger partial charge in [-0.1, -0.05) is 17.7 Å². The first-order chi connectivity index (χ1) is 14.4. The van der Waals surface area contributed by atoms with Crippen molar-refractivity contribution >= 4 is 16.1 Å². The Morgan fingerprint density at radius 3 is 2.37 bits per heavy atom. The van der Waals surface area contributed by atoms with E-state index in [9.17, 15) is 13.2 Å². The molecule has 0 spiro atoms. The van der Waals surface area contributed by atoms with Gasteiger partial charge in [0.15, 0.2) is 0 Å². The van der Waals surface area contributed by atoms with Crippen molar-refractivity contribution in [3.8, 4) is 22.5 Å². The maximum absolute atomic E-state index is 12.7. The standard InChI is InChI=1S/C20H16N6O3S/c1-14-2-4-16(5-3-14)30(28,29)25-20(27)26-13-17(18-12-22-10-11-23-18)19(24-26)15-6-8-21-9-7-15/h2-13H,1H3,(H,25,27). The lowest BCUT2D eigenvalue weighted by Gasteiger charge is -2.06. The molecule has 9 nitrogen and oxygen atoms in total. The van der Waals surface area contributed by atoms with E-state index in [0.717, 1.165) is 10.2 Å². The zero-order valence-corrected chi connectivity index (χ0v) is 16.6. The summed E-state index contributed by atoms with van der Waals surface area (Å²) in [6.07, 6.45) is 9.19.